The van der Waals surface area contributed by atoms with E-state index >= 15 is 0 Å². The summed E-state index contributed by atoms with van der Waals surface area (Å²) in [4.78, 5) is 10.6. The zero-order valence-corrected chi connectivity index (χ0v) is 10.5. The molecule has 2 N–H and O–H groups in total. The summed E-state index contributed by atoms with van der Waals surface area (Å²) in [5.74, 6) is 0.253. The van der Waals surface area contributed by atoms with Gasteiger partial charge in [0, 0.05) is 12.6 Å². The highest BCUT2D eigenvalue weighted by Gasteiger charge is 2.21. The molecule has 100 valence electrons. The summed E-state index contributed by atoms with van der Waals surface area (Å²) in [6.45, 7) is 4.04. The molecule has 0 aromatic heterocycles. The number of ether oxygens (including phenoxy) is 1. The SMILES string of the molecule is CCOc1cccc(NC(C)CCO)c1[N+](=O)[O-]. The van der Waals surface area contributed by atoms with E-state index in [1.807, 2.05) is 6.92 Å². The van der Waals surface area contributed by atoms with Gasteiger partial charge >= 0.3 is 5.69 Å². The Morgan fingerprint density at radius 3 is 2.83 bits per heavy atom. The third-order valence-electron chi connectivity index (χ3n) is 2.45. The molecular weight excluding hydrogens is 236 g/mol. The van der Waals surface area contributed by atoms with Crippen molar-refractivity contribution in [3.63, 3.8) is 0 Å². The lowest BCUT2D eigenvalue weighted by molar-refractivity contribution is -0.385. The molecule has 0 saturated carbocycles. The average molecular weight is 254 g/mol. The molecule has 6 heteroatoms. The number of benzene rings is 1. The second kappa shape index (κ2) is 6.80. The molecule has 0 saturated heterocycles. The first kappa shape index (κ1) is 14.2. The minimum atomic E-state index is -0.459. The fraction of sp³-hybridized carbons (Fsp3) is 0.500. The number of aliphatic hydroxyl groups is 1. The molecular formula is C12H18N2O4. The Balaban J connectivity index is 3.02. The molecule has 0 aliphatic heterocycles. The minimum absolute atomic E-state index is 0.0348. The molecule has 0 amide bonds. The van der Waals surface area contributed by atoms with Crippen LogP contribution in [-0.4, -0.2) is 29.3 Å². The van der Waals surface area contributed by atoms with Gasteiger partial charge in [0.25, 0.3) is 0 Å². The van der Waals surface area contributed by atoms with Crippen LogP contribution < -0.4 is 10.1 Å². The number of hydrogen-bond acceptors (Lipinski definition) is 5. The number of hydrogen-bond donors (Lipinski definition) is 2. The number of para-hydroxylation sites is 1. The monoisotopic (exact) mass is 254 g/mol. The van der Waals surface area contributed by atoms with Crippen molar-refractivity contribution >= 4 is 11.4 Å². The molecule has 1 unspecified atom stereocenters. The molecule has 1 rings (SSSR count). The zero-order valence-electron chi connectivity index (χ0n) is 10.5. The molecule has 0 aliphatic carbocycles. The summed E-state index contributed by atoms with van der Waals surface area (Å²) in [6.07, 6.45) is 0.524. The minimum Gasteiger partial charge on any atom is -0.487 e. The van der Waals surface area contributed by atoms with Crippen molar-refractivity contribution in [3.05, 3.63) is 28.3 Å². The van der Waals surface area contributed by atoms with Crippen molar-refractivity contribution in [1.82, 2.24) is 0 Å². The third kappa shape index (κ3) is 3.59. The van der Waals surface area contributed by atoms with E-state index in [1.54, 1.807) is 25.1 Å². The van der Waals surface area contributed by atoms with Crippen LogP contribution in [0.2, 0.25) is 0 Å². The molecule has 1 atom stereocenters. The lowest BCUT2D eigenvalue weighted by atomic mass is 10.2. The summed E-state index contributed by atoms with van der Waals surface area (Å²) in [7, 11) is 0. The average Bonchev–Trinajstić information content (AvgIpc) is 2.29. The van der Waals surface area contributed by atoms with Gasteiger partial charge in [0.05, 0.1) is 11.5 Å². The van der Waals surface area contributed by atoms with Gasteiger partial charge in [-0.25, -0.2) is 0 Å². The van der Waals surface area contributed by atoms with Crippen molar-refractivity contribution in [1.29, 1.82) is 0 Å². The fourth-order valence-corrected chi connectivity index (χ4v) is 1.63. The normalized spacial score (nSPS) is 11.9. The first-order chi connectivity index (χ1) is 8.60. The van der Waals surface area contributed by atoms with Crippen LogP contribution in [0.1, 0.15) is 20.3 Å². The van der Waals surface area contributed by atoms with Crippen LogP contribution in [0.15, 0.2) is 18.2 Å². The Bertz CT molecular complexity index is 409. The zero-order chi connectivity index (χ0) is 13.5. The molecule has 0 bridgehead atoms. The predicted molar refractivity (Wildman–Crippen MR) is 69.1 cm³/mol. The topological polar surface area (TPSA) is 84.6 Å². The summed E-state index contributed by atoms with van der Waals surface area (Å²) >= 11 is 0. The van der Waals surface area contributed by atoms with E-state index in [0.717, 1.165) is 0 Å². The smallest absolute Gasteiger partial charge is 0.333 e. The van der Waals surface area contributed by atoms with Crippen LogP contribution in [0.5, 0.6) is 5.75 Å². The van der Waals surface area contributed by atoms with Crippen molar-refractivity contribution in [2.45, 2.75) is 26.3 Å². The fourth-order valence-electron chi connectivity index (χ4n) is 1.63. The van der Waals surface area contributed by atoms with Gasteiger partial charge in [-0.2, -0.15) is 0 Å². The van der Waals surface area contributed by atoms with Crippen molar-refractivity contribution in [2.75, 3.05) is 18.5 Å². The van der Waals surface area contributed by atoms with Gasteiger partial charge in [-0.3, -0.25) is 10.1 Å². The van der Waals surface area contributed by atoms with Crippen molar-refractivity contribution in [3.8, 4) is 5.75 Å². The number of anilines is 1. The second-order valence-electron chi connectivity index (χ2n) is 3.90. The molecule has 1 aromatic carbocycles. The number of nitrogens with one attached hydrogen (secondary N) is 1. The van der Waals surface area contributed by atoms with Crippen molar-refractivity contribution in [2.24, 2.45) is 0 Å². The Morgan fingerprint density at radius 1 is 1.56 bits per heavy atom. The summed E-state index contributed by atoms with van der Waals surface area (Å²) in [6, 6.07) is 4.86. The van der Waals surface area contributed by atoms with Gasteiger partial charge in [-0.05, 0) is 32.4 Å². The van der Waals surface area contributed by atoms with Gasteiger partial charge in [0.1, 0.15) is 5.69 Å². The number of nitro benzene ring substituents is 1. The predicted octanol–water partition coefficient (Wildman–Crippen LogP) is 2.18. The van der Waals surface area contributed by atoms with E-state index in [1.165, 1.54) is 0 Å². The van der Waals surface area contributed by atoms with Crippen LogP contribution >= 0.6 is 0 Å². The highest BCUT2D eigenvalue weighted by Crippen LogP contribution is 2.35. The Labute approximate surface area is 106 Å². The maximum Gasteiger partial charge on any atom is 0.333 e. The van der Waals surface area contributed by atoms with E-state index in [4.69, 9.17) is 9.84 Å². The van der Waals surface area contributed by atoms with Crippen molar-refractivity contribution < 1.29 is 14.8 Å². The van der Waals surface area contributed by atoms with Crippen LogP contribution in [0.4, 0.5) is 11.4 Å². The Morgan fingerprint density at radius 2 is 2.28 bits per heavy atom. The van der Waals surface area contributed by atoms with Gasteiger partial charge in [0.15, 0.2) is 5.75 Å². The van der Waals surface area contributed by atoms with Crippen LogP contribution in [0.3, 0.4) is 0 Å². The largest absolute Gasteiger partial charge is 0.487 e. The third-order valence-corrected chi connectivity index (χ3v) is 2.45. The molecule has 0 fully saturated rings. The maximum atomic E-state index is 11.1. The molecule has 6 nitrogen and oxygen atoms in total. The van der Waals surface area contributed by atoms with Crippen LogP contribution in [-0.2, 0) is 0 Å². The maximum absolute atomic E-state index is 11.1. The van der Waals surface area contributed by atoms with Gasteiger partial charge in [-0.15, -0.1) is 0 Å². The van der Waals surface area contributed by atoms with E-state index in [2.05, 4.69) is 5.32 Å². The molecule has 18 heavy (non-hydrogen) atoms. The quantitative estimate of drug-likeness (QED) is 0.575. The number of aliphatic hydroxyl groups excluding tert-OH is 1. The molecule has 1 aromatic rings. The highest BCUT2D eigenvalue weighted by molar-refractivity contribution is 5.68. The van der Waals surface area contributed by atoms with E-state index in [0.29, 0.717) is 18.7 Å². The summed E-state index contributed by atoms with van der Waals surface area (Å²) in [5.41, 5.74) is 0.344. The number of rotatable bonds is 7. The van der Waals surface area contributed by atoms with E-state index < -0.39 is 4.92 Å². The van der Waals surface area contributed by atoms with Gasteiger partial charge in [-0.1, -0.05) is 6.07 Å². The Hall–Kier alpha value is -1.82. The second-order valence-corrected chi connectivity index (χ2v) is 3.90. The van der Waals surface area contributed by atoms with E-state index in [-0.39, 0.29) is 24.1 Å². The lowest BCUT2D eigenvalue weighted by Gasteiger charge is -2.15. The standard InChI is InChI=1S/C12H18N2O4/c1-3-18-11-6-4-5-10(12(11)14(16)17)13-9(2)7-8-15/h4-6,9,13,15H,3,7-8H2,1-2H3. The molecule has 0 radical (unpaired) electrons. The molecule has 0 heterocycles. The first-order valence-electron chi connectivity index (χ1n) is 5.87. The number of nitro groups is 1. The molecule has 0 aliphatic rings. The molecule has 0 spiro atoms. The first-order valence-corrected chi connectivity index (χ1v) is 5.87. The number of nitrogens with zero attached hydrogens (tertiary/aromatic N) is 1. The summed E-state index contributed by atoms with van der Waals surface area (Å²) < 4.78 is 5.25. The summed E-state index contributed by atoms with van der Waals surface area (Å²) in [5, 5.41) is 22.9. The highest BCUT2D eigenvalue weighted by atomic mass is 16.6. The van der Waals surface area contributed by atoms with Gasteiger partial charge in [0.2, 0.25) is 0 Å². The van der Waals surface area contributed by atoms with E-state index in [9.17, 15) is 10.1 Å². The van der Waals surface area contributed by atoms with Crippen LogP contribution in [0, 0.1) is 10.1 Å². The van der Waals surface area contributed by atoms with Gasteiger partial charge < -0.3 is 15.2 Å². The lowest BCUT2D eigenvalue weighted by Crippen LogP contribution is -2.17. The Kier molecular flexibility index (Phi) is 5.38. The van der Waals surface area contributed by atoms with Crippen LogP contribution in [0.25, 0.3) is 0 Å².